The number of hydrazine groups is 1. The summed E-state index contributed by atoms with van der Waals surface area (Å²) in [5, 5.41) is 11.5. The summed E-state index contributed by atoms with van der Waals surface area (Å²) >= 11 is 0. The Morgan fingerprint density at radius 3 is 2.63 bits per heavy atom. The molecule has 5 heteroatoms. The molecule has 4 rings (SSSR count). The highest BCUT2D eigenvalue weighted by Crippen LogP contribution is 2.46. The number of benzene rings is 2. The number of aromatic hydroxyl groups is 1. The minimum atomic E-state index is -0.340. The largest absolute Gasteiger partial charge is 0.508 e. The first-order valence-electron chi connectivity index (χ1n) is 9.33. The van der Waals surface area contributed by atoms with Crippen molar-refractivity contribution in [1.29, 1.82) is 0 Å². The van der Waals surface area contributed by atoms with Crippen molar-refractivity contribution in [3.05, 3.63) is 77.6 Å². The van der Waals surface area contributed by atoms with Crippen LogP contribution in [0.4, 0.5) is 0 Å². The normalized spacial score (nSPS) is 18.0. The quantitative estimate of drug-likeness (QED) is 0.570. The SMILES string of the molecule is N/C(=C\N(N)Cc1ccccc1)C1=CC2(CCCC2)Oc2cc(O)ccc21. The number of hydrogen-bond acceptors (Lipinski definition) is 5. The molecule has 0 amide bonds. The first kappa shape index (κ1) is 17.5. The van der Waals surface area contributed by atoms with Crippen LogP contribution in [0.3, 0.4) is 0 Å². The summed E-state index contributed by atoms with van der Waals surface area (Å²) in [6.45, 7) is 0.568. The zero-order chi connectivity index (χ0) is 18.9. The van der Waals surface area contributed by atoms with Gasteiger partial charge >= 0.3 is 0 Å². The van der Waals surface area contributed by atoms with Crippen molar-refractivity contribution in [2.75, 3.05) is 0 Å². The van der Waals surface area contributed by atoms with Gasteiger partial charge in [0, 0.05) is 23.4 Å². The molecule has 1 saturated carbocycles. The molecule has 1 aliphatic heterocycles. The van der Waals surface area contributed by atoms with E-state index >= 15 is 0 Å². The number of nitrogens with two attached hydrogens (primary N) is 2. The molecule has 2 aromatic rings. The smallest absolute Gasteiger partial charge is 0.132 e. The van der Waals surface area contributed by atoms with Crippen LogP contribution < -0.4 is 16.3 Å². The summed E-state index contributed by atoms with van der Waals surface area (Å²) < 4.78 is 6.28. The zero-order valence-electron chi connectivity index (χ0n) is 15.3. The Kier molecular flexibility index (Phi) is 4.54. The molecular formula is C22H25N3O2. The molecule has 0 atom stereocenters. The van der Waals surface area contributed by atoms with Crippen LogP contribution in [0.5, 0.6) is 11.5 Å². The van der Waals surface area contributed by atoms with Crippen LogP contribution in [-0.2, 0) is 6.54 Å². The fraction of sp³-hybridized carbons (Fsp3) is 0.273. The second-order valence-corrected chi connectivity index (χ2v) is 7.35. The second-order valence-electron chi connectivity index (χ2n) is 7.35. The Labute approximate surface area is 159 Å². The molecule has 0 radical (unpaired) electrons. The van der Waals surface area contributed by atoms with Crippen molar-refractivity contribution < 1.29 is 9.84 Å². The molecule has 140 valence electrons. The number of phenolic OH excluding ortho intramolecular Hbond substituents is 1. The Morgan fingerprint density at radius 1 is 1.15 bits per heavy atom. The Balaban J connectivity index is 1.66. The molecule has 2 aliphatic rings. The number of rotatable bonds is 4. The summed E-state index contributed by atoms with van der Waals surface area (Å²) in [5.74, 6) is 7.05. The molecule has 5 nitrogen and oxygen atoms in total. The zero-order valence-corrected chi connectivity index (χ0v) is 15.3. The average Bonchev–Trinajstić information content (AvgIpc) is 3.09. The molecule has 0 bridgehead atoms. The monoisotopic (exact) mass is 363 g/mol. The lowest BCUT2D eigenvalue weighted by molar-refractivity contribution is 0.124. The Morgan fingerprint density at radius 2 is 1.89 bits per heavy atom. The van der Waals surface area contributed by atoms with Gasteiger partial charge in [-0.05, 0) is 49.5 Å². The fourth-order valence-corrected chi connectivity index (χ4v) is 3.95. The van der Waals surface area contributed by atoms with E-state index < -0.39 is 0 Å². The number of ether oxygens (including phenoxy) is 1. The van der Waals surface area contributed by atoms with Gasteiger partial charge in [0.25, 0.3) is 0 Å². The first-order valence-corrected chi connectivity index (χ1v) is 9.33. The van der Waals surface area contributed by atoms with Gasteiger partial charge in [0.1, 0.15) is 17.1 Å². The van der Waals surface area contributed by atoms with E-state index in [1.54, 1.807) is 23.3 Å². The lowest BCUT2D eigenvalue weighted by atomic mass is 9.89. The topological polar surface area (TPSA) is 84.7 Å². The molecule has 1 fully saturated rings. The number of phenols is 1. The van der Waals surface area contributed by atoms with E-state index in [4.69, 9.17) is 16.3 Å². The standard InChI is InChI=1S/C22H25N3O2/c23-20(15-25(24)14-16-6-2-1-3-7-16)19-13-22(10-4-5-11-22)27-21-12-17(26)8-9-18(19)21/h1-3,6-9,12-13,15,26H,4-5,10-11,14,23-24H2/b20-15-. The predicted octanol–water partition coefficient (Wildman–Crippen LogP) is 3.66. The van der Waals surface area contributed by atoms with E-state index in [9.17, 15) is 5.11 Å². The third-order valence-electron chi connectivity index (χ3n) is 5.25. The highest BCUT2D eigenvalue weighted by atomic mass is 16.5. The molecule has 1 spiro atoms. The summed E-state index contributed by atoms with van der Waals surface area (Å²) in [4.78, 5) is 0. The van der Waals surface area contributed by atoms with Crippen LogP contribution in [0.25, 0.3) is 5.57 Å². The van der Waals surface area contributed by atoms with Crippen LogP contribution in [0, 0.1) is 0 Å². The molecule has 1 heterocycles. The van der Waals surface area contributed by atoms with Crippen molar-refractivity contribution in [3.8, 4) is 11.5 Å². The molecule has 0 saturated heterocycles. The number of nitrogens with zero attached hydrogens (tertiary/aromatic N) is 1. The molecule has 5 N–H and O–H groups in total. The van der Waals surface area contributed by atoms with Crippen molar-refractivity contribution in [3.63, 3.8) is 0 Å². The molecule has 0 aromatic heterocycles. The Hall–Kier alpha value is -2.92. The average molecular weight is 363 g/mol. The molecule has 1 aliphatic carbocycles. The fourth-order valence-electron chi connectivity index (χ4n) is 3.95. The number of fused-ring (bicyclic) bond motifs is 1. The van der Waals surface area contributed by atoms with Crippen LogP contribution in [0.1, 0.15) is 36.8 Å². The maximum atomic E-state index is 9.88. The Bertz CT molecular complexity index is 884. The van der Waals surface area contributed by atoms with E-state index in [-0.39, 0.29) is 11.4 Å². The molecule has 27 heavy (non-hydrogen) atoms. The maximum Gasteiger partial charge on any atom is 0.132 e. The molecular weight excluding hydrogens is 338 g/mol. The second kappa shape index (κ2) is 7.00. The third kappa shape index (κ3) is 3.64. The summed E-state index contributed by atoms with van der Waals surface area (Å²) in [7, 11) is 0. The van der Waals surface area contributed by atoms with E-state index in [2.05, 4.69) is 6.08 Å². The van der Waals surface area contributed by atoms with E-state index in [0.29, 0.717) is 18.0 Å². The molecule has 0 unspecified atom stereocenters. The van der Waals surface area contributed by atoms with E-state index in [1.165, 1.54) is 0 Å². The van der Waals surface area contributed by atoms with Crippen LogP contribution in [0.15, 0.2) is 66.5 Å². The van der Waals surface area contributed by atoms with Crippen LogP contribution in [0.2, 0.25) is 0 Å². The van der Waals surface area contributed by atoms with Crippen LogP contribution >= 0.6 is 0 Å². The minimum Gasteiger partial charge on any atom is -0.508 e. The molecule has 2 aromatic carbocycles. The van der Waals surface area contributed by atoms with Gasteiger partial charge in [-0.25, -0.2) is 5.84 Å². The van der Waals surface area contributed by atoms with Crippen molar-refractivity contribution in [1.82, 2.24) is 5.01 Å². The summed E-state index contributed by atoms with van der Waals surface area (Å²) in [6.07, 6.45) is 8.06. The summed E-state index contributed by atoms with van der Waals surface area (Å²) in [5.41, 5.74) is 9.63. The lowest BCUT2D eigenvalue weighted by Crippen LogP contribution is -2.34. The maximum absolute atomic E-state index is 9.88. The van der Waals surface area contributed by atoms with Crippen molar-refractivity contribution in [2.24, 2.45) is 11.6 Å². The van der Waals surface area contributed by atoms with E-state index in [1.807, 2.05) is 36.4 Å². The lowest BCUT2D eigenvalue weighted by Gasteiger charge is -2.34. The van der Waals surface area contributed by atoms with Crippen molar-refractivity contribution >= 4 is 5.57 Å². The highest BCUT2D eigenvalue weighted by Gasteiger charge is 2.38. The summed E-state index contributed by atoms with van der Waals surface area (Å²) in [6, 6.07) is 15.2. The van der Waals surface area contributed by atoms with Gasteiger partial charge in [-0.15, -0.1) is 0 Å². The van der Waals surface area contributed by atoms with Crippen LogP contribution in [-0.4, -0.2) is 15.7 Å². The number of allylic oxidation sites excluding steroid dienone is 1. The van der Waals surface area contributed by atoms with Gasteiger partial charge in [-0.3, -0.25) is 0 Å². The van der Waals surface area contributed by atoms with Crippen molar-refractivity contribution in [2.45, 2.75) is 37.8 Å². The van der Waals surface area contributed by atoms with Gasteiger partial charge in [0.15, 0.2) is 0 Å². The van der Waals surface area contributed by atoms with Gasteiger partial charge in [0.2, 0.25) is 0 Å². The van der Waals surface area contributed by atoms with E-state index in [0.717, 1.165) is 42.4 Å². The highest BCUT2D eigenvalue weighted by molar-refractivity contribution is 5.83. The van der Waals surface area contributed by atoms with Gasteiger partial charge in [0.05, 0.1) is 12.2 Å². The van der Waals surface area contributed by atoms with Gasteiger partial charge in [-0.1, -0.05) is 30.3 Å². The predicted molar refractivity (Wildman–Crippen MR) is 106 cm³/mol. The number of hydrogen-bond donors (Lipinski definition) is 3. The first-order chi connectivity index (χ1) is 13.0. The van der Waals surface area contributed by atoms with Gasteiger partial charge in [-0.2, -0.15) is 0 Å². The van der Waals surface area contributed by atoms with Gasteiger partial charge < -0.3 is 20.6 Å². The third-order valence-corrected chi connectivity index (χ3v) is 5.25. The minimum absolute atomic E-state index is 0.190.